The van der Waals surface area contributed by atoms with Crippen LogP contribution in [0.4, 0.5) is 0 Å². The fraction of sp³-hybridized carbons (Fsp3) is 0.739. The summed E-state index contributed by atoms with van der Waals surface area (Å²) in [5.41, 5.74) is 2.41. The summed E-state index contributed by atoms with van der Waals surface area (Å²) >= 11 is 0. The minimum Gasteiger partial charge on any atom is -0.481 e. The van der Waals surface area contributed by atoms with E-state index in [0.29, 0.717) is 37.6 Å². The molecule has 1 aromatic rings. The molecule has 0 spiro atoms. The predicted molar refractivity (Wildman–Crippen MR) is 205 cm³/mol. The van der Waals surface area contributed by atoms with E-state index in [4.69, 9.17) is 4.74 Å². The van der Waals surface area contributed by atoms with Gasteiger partial charge in [-0.3, -0.25) is 19.2 Å². The maximum absolute atomic E-state index is 14.0. The molecule has 0 unspecified atom stereocenters. The number of ether oxygens (including phenoxy) is 1. The molecule has 6 aliphatic rings. The van der Waals surface area contributed by atoms with Crippen LogP contribution in [0.2, 0.25) is 0 Å². The number of carbonyl (C=O) groups is 4. The number of carboxylic acid groups (broad SMARTS) is 1. The zero-order valence-corrected chi connectivity index (χ0v) is 33.9. The highest BCUT2D eigenvalue weighted by molar-refractivity contribution is 6.01. The second-order valence-corrected chi connectivity index (χ2v) is 20.7. The topological polar surface area (TPSA) is 110 Å². The number of carboxylic acids is 1. The second kappa shape index (κ2) is 12.8. The third kappa shape index (κ3) is 5.61. The quantitative estimate of drug-likeness (QED) is 0.259. The van der Waals surface area contributed by atoms with Gasteiger partial charge in [0.2, 0.25) is 5.91 Å². The second-order valence-electron chi connectivity index (χ2n) is 20.7. The van der Waals surface area contributed by atoms with Crippen molar-refractivity contribution in [3.05, 3.63) is 47.0 Å². The summed E-state index contributed by atoms with van der Waals surface area (Å²) in [6, 6.07) is 10.0. The highest BCUT2D eigenvalue weighted by Gasteiger charge is 2.70. The van der Waals surface area contributed by atoms with Gasteiger partial charge < -0.3 is 15.2 Å². The van der Waals surface area contributed by atoms with Crippen molar-refractivity contribution in [2.45, 2.75) is 146 Å². The van der Waals surface area contributed by atoms with Crippen LogP contribution in [0, 0.1) is 68.0 Å². The predicted octanol–water partition coefficient (Wildman–Crippen LogP) is 9.33. The Balaban J connectivity index is 1.13. The van der Waals surface area contributed by atoms with Crippen LogP contribution in [0.3, 0.4) is 0 Å². The number of hydrogen-bond donors (Lipinski definition) is 2. The van der Waals surface area contributed by atoms with E-state index in [0.717, 1.165) is 62.5 Å². The third-order valence-corrected chi connectivity index (χ3v) is 17.5. The van der Waals surface area contributed by atoms with E-state index < -0.39 is 22.7 Å². The Hall–Kier alpha value is -2.96. The summed E-state index contributed by atoms with van der Waals surface area (Å²) in [6.07, 6.45) is 9.09. The lowest BCUT2D eigenvalue weighted by Crippen LogP contribution is -2.66. The van der Waals surface area contributed by atoms with Gasteiger partial charge in [0, 0.05) is 30.2 Å². The molecule has 0 radical (unpaired) electrons. The largest absolute Gasteiger partial charge is 0.481 e. The molecule has 0 aliphatic heterocycles. The number of fused-ring (bicyclic) bond motifs is 7. The smallest absolute Gasteiger partial charge is 0.309 e. The monoisotopic (exact) mass is 727 g/mol. The Labute approximate surface area is 317 Å². The van der Waals surface area contributed by atoms with Crippen LogP contribution in [0.1, 0.15) is 139 Å². The zero-order chi connectivity index (χ0) is 38.5. The van der Waals surface area contributed by atoms with Crippen molar-refractivity contribution >= 4 is 23.6 Å². The Bertz CT molecular complexity index is 1710. The maximum Gasteiger partial charge on any atom is 0.309 e. The standard InChI is InChI=1S/C46H65NO6/c1-27(2)37-32(48)24-46(25-36(49)47-26-28-13-11-10-12-14-28)22-21-44(8)29(38(37)46)15-16-34-43(7)19-18-35(42(5,6)33(43)17-20-45(34,44)9)53-40(52)31-23-30(39(50)51)41(31,3)4/h10-14,27,29-31,33-35H,15-26H2,1-9H3,(H,47,49)(H,50,51)/t29-,30+,31-,33+,34-,35+,43+,44-,45-,46+/m1/s1. The van der Waals surface area contributed by atoms with Gasteiger partial charge in [-0.15, -0.1) is 0 Å². The maximum atomic E-state index is 14.0. The molecule has 290 valence electrons. The van der Waals surface area contributed by atoms with E-state index in [1.54, 1.807) is 0 Å². The first-order valence-electron chi connectivity index (χ1n) is 20.7. The fourth-order valence-corrected chi connectivity index (χ4v) is 14.3. The number of carbonyl (C=O) groups excluding carboxylic acids is 3. The zero-order valence-electron chi connectivity index (χ0n) is 33.9. The molecule has 0 bridgehead atoms. The molecule has 0 heterocycles. The molecule has 5 fully saturated rings. The number of Topliss-reactive ketones (excluding diaryl/α,β-unsaturated/α-hetero) is 1. The van der Waals surface area contributed by atoms with Gasteiger partial charge in [-0.05, 0) is 114 Å². The van der Waals surface area contributed by atoms with Crippen LogP contribution in [0.15, 0.2) is 41.5 Å². The molecule has 1 amide bonds. The lowest BCUT2D eigenvalue weighted by molar-refractivity contribution is -0.236. The van der Waals surface area contributed by atoms with Crippen LogP contribution in [0.25, 0.3) is 0 Å². The van der Waals surface area contributed by atoms with Gasteiger partial charge in [0.25, 0.3) is 0 Å². The van der Waals surface area contributed by atoms with Gasteiger partial charge in [-0.25, -0.2) is 0 Å². The van der Waals surface area contributed by atoms with Crippen molar-refractivity contribution in [1.29, 1.82) is 0 Å². The molecule has 7 heteroatoms. The molecule has 5 saturated carbocycles. The van der Waals surface area contributed by atoms with Crippen LogP contribution < -0.4 is 5.32 Å². The molecule has 10 atom stereocenters. The van der Waals surface area contributed by atoms with Crippen molar-refractivity contribution in [1.82, 2.24) is 5.32 Å². The summed E-state index contributed by atoms with van der Waals surface area (Å²) in [6.45, 7) is 20.9. The van der Waals surface area contributed by atoms with E-state index in [1.807, 2.05) is 44.2 Å². The lowest BCUT2D eigenvalue weighted by atomic mass is 9.33. The van der Waals surface area contributed by atoms with E-state index in [1.165, 1.54) is 5.57 Å². The van der Waals surface area contributed by atoms with Gasteiger partial charge in [-0.2, -0.15) is 0 Å². The molecule has 53 heavy (non-hydrogen) atoms. The number of esters is 1. The van der Waals surface area contributed by atoms with Crippen molar-refractivity contribution in [2.24, 2.45) is 68.0 Å². The highest BCUT2D eigenvalue weighted by atomic mass is 16.5. The summed E-state index contributed by atoms with van der Waals surface area (Å²) in [4.78, 5) is 53.1. The summed E-state index contributed by atoms with van der Waals surface area (Å²) < 4.78 is 6.41. The molecule has 7 nitrogen and oxygen atoms in total. The van der Waals surface area contributed by atoms with Gasteiger partial charge in [0.15, 0.2) is 5.78 Å². The van der Waals surface area contributed by atoms with Crippen molar-refractivity contribution in [3.63, 3.8) is 0 Å². The van der Waals surface area contributed by atoms with Crippen molar-refractivity contribution < 1.29 is 29.0 Å². The normalized spacial score (nSPS) is 41.0. The number of aliphatic carboxylic acids is 1. The number of ketones is 1. The average molecular weight is 728 g/mol. The number of rotatable bonds is 8. The number of nitrogens with one attached hydrogen (secondary N) is 1. The van der Waals surface area contributed by atoms with Crippen LogP contribution >= 0.6 is 0 Å². The summed E-state index contributed by atoms with van der Waals surface area (Å²) in [5.74, 6) is -0.301. The first-order valence-corrected chi connectivity index (χ1v) is 20.7. The Morgan fingerprint density at radius 1 is 0.830 bits per heavy atom. The molecular weight excluding hydrogens is 663 g/mol. The van der Waals surface area contributed by atoms with Gasteiger partial charge >= 0.3 is 11.9 Å². The average Bonchev–Trinajstić information content (AvgIpc) is 3.37. The minimum atomic E-state index is -0.828. The van der Waals surface area contributed by atoms with Crippen molar-refractivity contribution in [3.8, 4) is 0 Å². The Kier molecular flexibility index (Phi) is 9.25. The van der Waals surface area contributed by atoms with Gasteiger partial charge in [0.1, 0.15) is 6.10 Å². The van der Waals surface area contributed by atoms with E-state index in [9.17, 15) is 24.3 Å². The third-order valence-electron chi connectivity index (χ3n) is 17.5. The Morgan fingerprint density at radius 3 is 2.17 bits per heavy atom. The lowest BCUT2D eigenvalue weighted by Gasteiger charge is -2.72. The number of amides is 1. The van der Waals surface area contributed by atoms with Crippen LogP contribution in [-0.4, -0.2) is 34.8 Å². The van der Waals surface area contributed by atoms with E-state index in [2.05, 4.69) is 53.8 Å². The first kappa shape index (κ1) is 38.3. The van der Waals surface area contributed by atoms with E-state index in [-0.39, 0.29) is 63.2 Å². The molecule has 2 N–H and O–H groups in total. The molecule has 0 saturated heterocycles. The number of benzene rings is 1. The van der Waals surface area contributed by atoms with E-state index >= 15 is 0 Å². The molecule has 0 aromatic heterocycles. The molecular formula is C46H65NO6. The molecule has 6 aliphatic carbocycles. The van der Waals surface area contributed by atoms with Gasteiger partial charge in [-0.1, -0.05) is 98.2 Å². The van der Waals surface area contributed by atoms with Crippen molar-refractivity contribution in [2.75, 3.05) is 0 Å². The fourth-order valence-electron chi connectivity index (χ4n) is 14.3. The number of hydrogen-bond acceptors (Lipinski definition) is 5. The summed E-state index contributed by atoms with van der Waals surface area (Å²) in [7, 11) is 0. The molecule has 1 aromatic carbocycles. The van der Waals surface area contributed by atoms with Crippen LogP contribution in [-0.2, 0) is 30.5 Å². The highest BCUT2D eigenvalue weighted by Crippen LogP contribution is 2.77. The SMILES string of the molecule is CC(C)C1=C2[C@H]3CC[C@@H]4[C@@]5(C)CC[C@H](OC(=O)[C@H]6C[C@@H](C(=O)O)C6(C)C)C(C)(C)[C@@H]5CC[C@@]4(C)[C@]3(C)CC[C@@]2(CC(=O)NCc2ccccc2)CC1=O. The van der Waals surface area contributed by atoms with Gasteiger partial charge in [0.05, 0.1) is 11.8 Å². The summed E-state index contributed by atoms with van der Waals surface area (Å²) in [5, 5.41) is 12.8. The minimum absolute atomic E-state index is 0.0119. The number of allylic oxidation sites excluding steroid dienone is 2. The Morgan fingerprint density at radius 2 is 1.53 bits per heavy atom. The molecule has 7 rings (SSSR count). The first-order chi connectivity index (χ1) is 24.7. The van der Waals surface area contributed by atoms with Crippen LogP contribution in [0.5, 0.6) is 0 Å².